The molecule has 156 valence electrons. The molecule has 6 nitrogen and oxygen atoms in total. The molecule has 8 heteroatoms. The Bertz CT molecular complexity index is 430. The van der Waals surface area contributed by atoms with Crippen LogP contribution in [0.15, 0.2) is 0 Å². The van der Waals surface area contributed by atoms with E-state index >= 15 is 0 Å². The van der Waals surface area contributed by atoms with Crippen LogP contribution in [0.2, 0.25) is 5.82 Å². The highest BCUT2D eigenvalue weighted by atomic mass is 31.2. The van der Waals surface area contributed by atoms with E-state index in [1.807, 2.05) is 49.4 Å². The van der Waals surface area contributed by atoms with Crippen molar-refractivity contribution >= 4 is 15.7 Å². The molecule has 5 atom stereocenters. The van der Waals surface area contributed by atoms with E-state index in [2.05, 4.69) is 13.8 Å². The van der Waals surface area contributed by atoms with Gasteiger partial charge in [0.2, 0.25) is 0 Å². The molecule has 0 aliphatic carbocycles. The first-order valence-corrected chi connectivity index (χ1v) is 11.2. The summed E-state index contributed by atoms with van der Waals surface area (Å²) in [4.78, 5) is 10.2. The van der Waals surface area contributed by atoms with Crippen molar-refractivity contribution in [3.63, 3.8) is 0 Å². The van der Waals surface area contributed by atoms with Crippen LogP contribution in [-0.2, 0) is 23.1 Å². The first-order valence-electron chi connectivity index (χ1n) is 9.71. The summed E-state index contributed by atoms with van der Waals surface area (Å²) in [6, 6.07) is 0. The minimum Gasteiger partial charge on any atom is -0.376 e. The molecule has 4 unspecified atom stereocenters. The smallest absolute Gasteiger partial charge is 0.376 e. The van der Waals surface area contributed by atoms with E-state index < -0.39 is 19.5 Å². The Morgan fingerprint density at radius 2 is 1.69 bits per heavy atom. The average molecular weight is 394 g/mol. The van der Waals surface area contributed by atoms with Crippen molar-refractivity contribution in [3.05, 3.63) is 0 Å². The van der Waals surface area contributed by atoms with Crippen LogP contribution >= 0.6 is 7.82 Å². The molecule has 0 bridgehead atoms. The molecule has 0 fully saturated rings. The third-order valence-corrected chi connectivity index (χ3v) is 5.52. The van der Waals surface area contributed by atoms with Gasteiger partial charge < -0.3 is 14.4 Å². The fraction of sp³-hybridized carbons (Fsp3) is 1.00. The van der Waals surface area contributed by atoms with E-state index in [0.29, 0.717) is 12.5 Å². The van der Waals surface area contributed by atoms with Gasteiger partial charge in [-0.2, -0.15) is 0 Å². The maximum Gasteiger partial charge on any atom is 0.472 e. The molecular formula is C18H40BO6P. The van der Waals surface area contributed by atoms with Crippen LogP contribution in [0, 0.1) is 11.8 Å². The molecule has 26 heavy (non-hydrogen) atoms. The van der Waals surface area contributed by atoms with Crippen LogP contribution in [0.1, 0.15) is 61.8 Å². The van der Waals surface area contributed by atoms with Crippen molar-refractivity contribution in [2.24, 2.45) is 11.8 Å². The lowest BCUT2D eigenvalue weighted by molar-refractivity contribution is -0.0719. The largest absolute Gasteiger partial charge is 0.472 e. The molecule has 0 radical (unpaired) electrons. The highest BCUT2D eigenvalue weighted by molar-refractivity contribution is 7.47. The topological polar surface area (TPSA) is 74.2 Å². The number of ether oxygens (including phenoxy) is 2. The average Bonchev–Trinajstić information content (AvgIpc) is 2.54. The Kier molecular flexibility index (Phi) is 11.9. The summed E-state index contributed by atoms with van der Waals surface area (Å²) in [7, 11) is -2.17. The third-order valence-electron chi connectivity index (χ3n) is 4.53. The van der Waals surface area contributed by atoms with Gasteiger partial charge >= 0.3 is 7.82 Å². The normalized spacial score (nSPS) is 19.8. The van der Waals surface area contributed by atoms with Crippen molar-refractivity contribution < 1.29 is 28.0 Å². The van der Waals surface area contributed by atoms with Gasteiger partial charge in [-0.3, -0.25) is 9.05 Å². The van der Waals surface area contributed by atoms with Crippen LogP contribution < -0.4 is 0 Å². The molecular weight excluding hydrogens is 354 g/mol. The Balaban J connectivity index is 4.75. The van der Waals surface area contributed by atoms with Gasteiger partial charge in [-0.1, -0.05) is 39.9 Å². The zero-order chi connectivity index (χ0) is 20.5. The Morgan fingerprint density at radius 3 is 2.15 bits per heavy atom. The zero-order valence-electron chi connectivity index (χ0n) is 18.2. The molecule has 0 aromatic rings. The SMILES string of the molecule is BC(C)C(C)[C@H](COC(C)C)OP(=O)(O)OCC(C)(C)OCC(C)CC. The van der Waals surface area contributed by atoms with Gasteiger partial charge in [-0.25, -0.2) is 4.57 Å². The van der Waals surface area contributed by atoms with Gasteiger partial charge in [0.1, 0.15) is 7.85 Å². The summed E-state index contributed by atoms with van der Waals surface area (Å²) in [6.45, 7) is 16.6. The van der Waals surface area contributed by atoms with Crippen LogP contribution in [-0.4, -0.2) is 50.4 Å². The predicted octanol–water partition coefficient (Wildman–Crippen LogP) is 3.83. The molecule has 0 saturated heterocycles. The summed E-state index contributed by atoms with van der Waals surface area (Å²) in [5, 5.41) is 0. The number of phosphoric ester groups is 1. The summed E-state index contributed by atoms with van der Waals surface area (Å²) in [5.74, 6) is 0.759. The fourth-order valence-corrected chi connectivity index (χ4v) is 3.09. The molecule has 0 aliphatic heterocycles. The third kappa shape index (κ3) is 11.7. The monoisotopic (exact) mass is 394 g/mol. The second-order valence-electron chi connectivity index (χ2n) is 8.46. The van der Waals surface area contributed by atoms with Gasteiger partial charge in [0.25, 0.3) is 0 Å². The van der Waals surface area contributed by atoms with Gasteiger partial charge in [0, 0.05) is 6.61 Å². The highest BCUT2D eigenvalue weighted by Crippen LogP contribution is 2.47. The van der Waals surface area contributed by atoms with E-state index in [9.17, 15) is 9.46 Å². The summed E-state index contributed by atoms with van der Waals surface area (Å²) >= 11 is 0. The molecule has 0 aromatic heterocycles. The minimum atomic E-state index is -4.21. The molecule has 0 spiro atoms. The van der Waals surface area contributed by atoms with E-state index in [1.165, 1.54) is 0 Å². The standard InChI is InChI=1S/C18H40BO6P/c1-9-14(4)10-23-18(7,8)12-24-26(20,21)25-17(11-22-13(2)3)15(5)16(6)19/h13-17H,9-12,19H2,1-8H3,(H,20,21)/t14?,15?,16?,17-/m0/s1. The lowest BCUT2D eigenvalue weighted by Crippen LogP contribution is -2.33. The Morgan fingerprint density at radius 1 is 1.12 bits per heavy atom. The molecule has 0 heterocycles. The van der Waals surface area contributed by atoms with Crippen LogP contribution in [0.3, 0.4) is 0 Å². The Hall–Kier alpha value is 0.0949. The van der Waals surface area contributed by atoms with Crippen molar-refractivity contribution in [1.29, 1.82) is 0 Å². The van der Waals surface area contributed by atoms with Gasteiger partial charge in [-0.05, 0) is 39.5 Å². The molecule has 0 aromatic carbocycles. The second-order valence-corrected chi connectivity index (χ2v) is 9.86. The maximum atomic E-state index is 12.4. The van der Waals surface area contributed by atoms with E-state index in [1.54, 1.807) is 0 Å². The summed E-state index contributed by atoms with van der Waals surface area (Å²) < 4.78 is 34.6. The summed E-state index contributed by atoms with van der Waals surface area (Å²) in [5.41, 5.74) is -0.668. The van der Waals surface area contributed by atoms with Gasteiger partial charge in [0.05, 0.1) is 31.0 Å². The van der Waals surface area contributed by atoms with Gasteiger partial charge in [-0.15, -0.1) is 0 Å². The maximum absolute atomic E-state index is 12.4. The number of hydrogen-bond acceptors (Lipinski definition) is 5. The number of hydrogen-bond donors (Lipinski definition) is 1. The lowest BCUT2D eigenvalue weighted by Gasteiger charge is -2.31. The van der Waals surface area contributed by atoms with Crippen LogP contribution in [0.4, 0.5) is 0 Å². The quantitative estimate of drug-likeness (QED) is 0.357. The lowest BCUT2D eigenvalue weighted by atomic mass is 9.76. The fourth-order valence-electron chi connectivity index (χ4n) is 1.96. The molecule has 1 N–H and O–H groups in total. The van der Waals surface area contributed by atoms with E-state index in [4.69, 9.17) is 18.5 Å². The van der Waals surface area contributed by atoms with Crippen molar-refractivity contribution in [2.75, 3.05) is 19.8 Å². The van der Waals surface area contributed by atoms with E-state index in [0.717, 1.165) is 6.42 Å². The van der Waals surface area contributed by atoms with Crippen LogP contribution in [0.25, 0.3) is 0 Å². The minimum absolute atomic E-state index is 0.0207. The van der Waals surface area contributed by atoms with Crippen LogP contribution in [0.5, 0.6) is 0 Å². The molecule has 0 aliphatic rings. The van der Waals surface area contributed by atoms with Crippen molar-refractivity contribution in [1.82, 2.24) is 0 Å². The zero-order valence-corrected chi connectivity index (χ0v) is 19.0. The summed E-state index contributed by atoms with van der Waals surface area (Å²) in [6.07, 6.45) is 0.521. The van der Waals surface area contributed by atoms with Gasteiger partial charge in [0.15, 0.2) is 0 Å². The first-order chi connectivity index (χ1) is 11.8. The van der Waals surface area contributed by atoms with Crippen molar-refractivity contribution in [3.8, 4) is 0 Å². The van der Waals surface area contributed by atoms with E-state index in [-0.39, 0.29) is 31.1 Å². The number of rotatable bonds is 14. The highest BCUT2D eigenvalue weighted by Gasteiger charge is 2.34. The second kappa shape index (κ2) is 11.8. The Labute approximate surface area is 161 Å². The first kappa shape index (κ1) is 26.1. The molecule has 0 amide bonds. The molecule has 0 rings (SSSR count). The van der Waals surface area contributed by atoms with Crippen molar-refractivity contribution in [2.45, 2.75) is 85.4 Å². The predicted molar refractivity (Wildman–Crippen MR) is 108 cm³/mol. The molecule has 0 saturated carbocycles. The number of phosphoric acid groups is 1.